The largest absolute Gasteiger partial charge is 0.309 e. The summed E-state index contributed by atoms with van der Waals surface area (Å²) < 4.78 is 0. The van der Waals surface area contributed by atoms with Gasteiger partial charge in [0.1, 0.15) is 0 Å². The van der Waals surface area contributed by atoms with Crippen molar-refractivity contribution in [2.45, 2.75) is 6.92 Å². The van der Waals surface area contributed by atoms with Crippen LogP contribution in [0, 0.1) is 5.41 Å². The highest BCUT2D eigenvalue weighted by atomic mass is 14.3. The van der Waals surface area contributed by atoms with Crippen LogP contribution in [0.3, 0.4) is 0 Å². The summed E-state index contributed by atoms with van der Waals surface area (Å²) in [6, 6.07) is 0. The topological polar surface area (TPSA) is 23.9 Å². The van der Waals surface area contributed by atoms with E-state index in [4.69, 9.17) is 5.41 Å². The van der Waals surface area contributed by atoms with Gasteiger partial charge in [-0.1, -0.05) is 6.58 Å². The van der Waals surface area contributed by atoms with E-state index in [1.165, 1.54) is 6.21 Å². The molecule has 0 aromatic rings. The zero-order valence-corrected chi connectivity index (χ0v) is 3.28. The van der Waals surface area contributed by atoms with Gasteiger partial charge in [0.2, 0.25) is 0 Å². The minimum absolute atomic E-state index is 0.796. The smallest absolute Gasteiger partial charge is 0.0201 e. The molecule has 0 aliphatic carbocycles. The summed E-state index contributed by atoms with van der Waals surface area (Å²) in [6.07, 6.45) is 1.22. The molecule has 0 spiro atoms. The fourth-order valence-corrected chi connectivity index (χ4v) is 0. The van der Waals surface area contributed by atoms with Gasteiger partial charge in [0.05, 0.1) is 0 Å². The molecule has 0 unspecified atom stereocenters. The highest BCUT2D eigenvalue weighted by Crippen LogP contribution is 1.71. The van der Waals surface area contributed by atoms with Gasteiger partial charge in [-0.05, 0) is 12.5 Å². The maximum atomic E-state index is 6.43. The molecule has 0 aromatic carbocycles. The van der Waals surface area contributed by atoms with Crippen LogP contribution in [0.15, 0.2) is 12.2 Å². The van der Waals surface area contributed by atoms with Crippen molar-refractivity contribution in [3.8, 4) is 0 Å². The Morgan fingerprint density at radius 3 is 2.20 bits per heavy atom. The quantitative estimate of drug-likeness (QED) is 0.447. The number of rotatable bonds is 1. The number of hydrogen-bond donors (Lipinski definition) is 1. The minimum Gasteiger partial charge on any atom is -0.309 e. The number of nitrogens with one attached hydrogen (secondary N) is 1. The summed E-state index contributed by atoms with van der Waals surface area (Å²) in [5, 5.41) is 6.43. The Morgan fingerprint density at radius 1 is 2.00 bits per heavy atom. The van der Waals surface area contributed by atoms with Crippen LogP contribution in [-0.4, -0.2) is 6.21 Å². The fraction of sp³-hybridized carbons (Fsp3) is 0.250. The van der Waals surface area contributed by atoms with Gasteiger partial charge in [-0.25, -0.2) is 0 Å². The zero-order valence-electron chi connectivity index (χ0n) is 3.28. The van der Waals surface area contributed by atoms with Crippen LogP contribution in [-0.2, 0) is 0 Å². The molecule has 1 nitrogen and oxygen atoms in total. The van der Waals surface area contributed by atoms with E-state index >= 15 is 0 Å². The maximum absolute atomic E-state index is 6.43. The first-order valence-corrected chi connectivity index (χ1v) is 1.43. The zero-order chi connectivity index (χ0) is 4.28. The van der Waals surface area contributed by atoms with Crippen LogP contribution in [0.1, 0.15) is 6.92 Å². The first-order valence-electron chi connectivity index (χ1n) is 1.43. The van der Waals surface area contributed by atoms with Gasteiger partial charge < -0.3 is 5.41 Å². The molecule has 0 aromatic heterocycles. The van der Waals surface area contributed by atoms with E-state index in [-0.39, 0.29) is 0 Å². The minimum atomic E-state index is 0.796. The molecule has 5 heavy (non-hydrogen) atoms. The summed E-state index contributed by atoms with van der Waals surface area (Å²) >= 11 is 0. The molecule has 0 bridgehead atoms. The highest BCUT2D eigenvalue weighted by Gasteiger charge is 1.61. The van der Waals surface area contributed by atoms with Crippen molar-refractivity contribution in [3.05, 3.63) is 12.2 Å². The lowest BCUT2D eigenvalue weighted by molar-refractivity contribution is 1.52. The Kier molecular flexibility index (Phi) is 1.50. The third-order valence-electron chi connectivity index (χ3n) is 0.246. The fourth-order valence-electron chi connectivity index (χ4n) is 0. The van der Waals surface area contributed by atoms with Crippen molar-refractivity contribution >= 4 is 6.21 Å². The molecule has 0 atom stereocenters. The van der Waals surface area contributed by atoms with Crippen molar-refractivity contribution in [1.29, 1.82) is 5.41 Å². The van der Waals surface area contributed by atoms with Crippen molar-refractivity contribution in [2.75, 3.05) is 0 Å². The van der Waals surface area contributed by atoms with Gasteiger partial charge in [0.15, 0.2) is 0 Å². The molecule has 28 valence electrons. The van der Waals surface area contributed by atoms with Crippen LogP contribution < -0.4 is 0 Å². The molecule has 0 fully saturated rings. The second-order valence-corrected chi connectivity index (χ2v) is 0.991. The van der Waals surface area contributed by atoms with E-state index in [9.17, 15) is 0 Å². The average Bonchev–Trinajstić information content (AvgIpc) is 1.38. The van der Waals surface area contributed by atoms with E-state index in [2.05, 4.69) is 6.58 Å². The molecule has 0 heterocycles. The van der Waals surface area contributed by atoms with Gasteiger partial charge in [0, 0.05) is 6.21 Å². The summed E-state index contributed by atoms with van der Waals surface area (Å²) in [5.74, 6) is 0. The Morgan fingerprint density at radius 2 is 2.20 bits per heavy atom. The van der Waals surface area contributed by atoms with Gasteiger partial charge in [-0.3, -0.25) is 0 Å². The van der Waals surface area contributed by atoms with Gasteiger partial charge in [-0.15, -0.1) is 0 Å². The summed E-state index contributed by atoms with van der Waals surface area (Å²) in [7, 11) is 0. The molecule has 0 rings (SSSR count). The lowest BCUT2D eigenvalue weighted by atomic mass is 10.4. The second-order valence-electron chi connectivity index (χ2n) is 0.991. The lowest BCUT2D eigenvalue weighted by Crippen LogP contribution is -1.63. The average molecular weight is 69.1 g/mol. The Hall–Kier alpha value is -0.590. The van der Waals surface area contributed by atoms with Crippen molar-refractivity contribution < 1.29 is 0 Å². The second kappa shape index (κ2) is 1.70. The Labute approximate surface area is 31.8 Å². The van der Waals surface area contributed by atoms with Crippen molar-refractivity contribution in [2.24, 2.45) is 0 Å². The number of allylic oxidation sites excluding steroid dienone is 1. The lowest BCUT2D eigenvalue weighted by Gasteiger charge is -1.69. The Bertz CT molecular complexity index is 54.7. The third-order valence-corrected chi connectivity index (χ3v) is 0.246. The molecule has 1 heteroatoms. The monoisotopic (exact) mass is 69.1 g/mol. The molecule has 0 aliphatic heterocycles. The van der Waals surface area contributed by atoms with Crippen molar-refractivity contribution in [3.63, 3.8) is 0 Å². The molecule has 0 radical (unpaired) electrons. The predicted molar refractivity (Wildman–Crippen MR) is 23.6 cm³/mol. The molecule has 0 aliphatic rings. The van der Waals surface area contributed by atoms with Crippen LogP contribution in [0.4, 0.5) is 0 Å². The molecule has 0 saturated carbocycles. The van der Waals surface area contributed by atoms with Gasteiger partial charge in [-0.2, -0.15) is 0 Å². The standard InChI is InChI=1S/C4H7N/c1-4(2)3-5/h3,5H,1H2,2H3. The van der Waals surface area contributed by atoms with Crippen molar-refractivity contribution in [1.82, 2.24) is 0 Å². The predicted octanol–water partition coefficient (Wildman–Crippen LogP) is 1.21. The molecule has 0 saturated heterocycles. The molecular formula is C4H7N. The van der Waals surface area contributed by atoms with E-state index in [0.717, 1.165) is 5.57 Å². The summed E-state index contributed by atoms with van der Waals surface area (Å²) in [5.41, 5.74) is 0.796. The normalized spacial score (nSPS) is 6.60. The first-order chi connectivity index (χ1) is 2.27. The summed E-state index contributed by atoms with van der Waals surface area (Å²) in [6.45, 7) is 5.22. The summed E-state index contributed by atoms with van der Waals surface area (Å²) in [4.78, 5) is 0. The number of hydrogen-bond acceptors (Lipinski definition) is 1. The highest BCUT2D eigenvalue weighted by molar-refractivity contribution is 5.73. The van der Waals surface area contributed by atoms with E-state index in [1.54, 1.807) is 6.92 Å². The van der Waals surface area contributed by atoms with Crippen LogP contribution in [0.5, 0.6) is 0 Å². The molecular weight excluding hydrogens is 62.1 g/mol. The van der Waals surface area contributed by atoms with E-state index in [1.807, 2.05) is 0 Å². The Balaban J connectivity index is 3.20. The van der Waals surface area contributed by atoms with Crippen LogP contribution >= 0.6 is 0 Å². The first kappa shape index (κ1) is 4.41. The van der Waals surface area contributed by atoms with Gasteiger partial charge in [0.25, 0.3) is 0 Å². The van der Waals surface area contributed by atoms with E-state index in [0.29, 0.717) is 0 Å². The van der Waals surface area contributed by atoms with Crippen LogP contribution in [0.2, 0.25) is 0 Å². The van der Waals surface area contributed by atoms with Gasteiger partial charge >= 0.3 is 0 Å². The third kappa shape index (κ3) is 3.41. The molecule has 0 amide bonds. The van der Waals surface area contributed by atoms with E-state index < -0.39 is 0 Å². The maximum Gasteiger partial charge on any atom is 0.0201 e. The molecule has 1 N–H and O–H groups in total. The van der Waals surface area contributed by atoms with Crippen LogP contribution in [0.25, 0.3) is 0 Å². The SMILES string of the molecule is C=C(C)C=N.